The van der Waals surface area contributed by atoms with Gasteiger partial charge in [-0.05, 0) is 35.1 Å². The molecule has 1 unspecified atom stereocenters. The summed E-state index contributed by atoms with van der Waals surface area (Å²) >= 11 is 3.51. The van der Waals surface area contributed by atoms with Gasteiger partial charge in [0.15, 0.2) is 0 Å². The van der Waals surface area contributed by atoms with Crippen molar-refractivity contribution in [3.63, 3.8) is 0 Å². The van der Waals surface area contributed by atoms with E-state index < -0.39 is 0 Å². The minimum Gasteiger partial charge on any atom is -0.466 e. The van der Waals surface area contributed by atoms with Gasteiger partial charge in [0.25, 0.3) is 0 Å². The second-order valence-electron chi connectivity index (χ2n) is 4.28. The predicted molar refractivity (Wildman–Crippen MR) is 79.1 cm³/mol. The van der Waals surface area contributed by atoms with Gasteiger partial charge in [-0.15, -0.1) is 0 Å². The van der Waals surface area contributed by atoms with Gasteiger partial charge in [0.1, 0.15) is 5.76 Å². The first-order valence-corrected chi connectivity index (χ1v) is 6.84. The third-order valence-corrected chi connectivity index (χ3v) is 3.83. The highest BCUT2D eigenvalue weighted by Gasteiger charge is 2.20. The molecule has 0 fully saturated rings. The summed E-state index contributed by atoms with van der Waals surface area (Å²) < 4.78 is 6.54. The van der Waals surface area contributed by atoms with Crippen LogP contribution in [0.4, 0.5) is 0 Å². The molecule has 0 bridgehead atoms. The molecule has 2 aromatic heterocycles. The van der Waals surface area contributed by atoms with Gasteiger partial charge < -0.3 is 9.73 Å². The quantitative estimate of drug-likeness (QED) is 0.796. The van der Waals surface area contributed by atoms with E-state index in [-0.39, 0.29) is 6.04 Å². The smallest absolute Gasteiger partial charge is 0.139 e. The van der Waals surface area contributed by atoms with E-state index in [9.17, 15) is 0 Å². The Hall–Kier alpha value is -1.65. The van der Waals surface area contributed by atoms with E-state index in [1.54, 1.807) is 6.26 Å². The Balaban J connectivity index is 2.20. The van der Waals surface area contributed by atoms with Crippen molar-refractivity contribution in [3.05, 3.63) is 64.7 Å². The van der Waals surface area contributed by atoms with Crippen LogP contribution >= 0.6 is 15.9 Å². The zero-order valence-electron chi connectivity index (χ0n) is 10.4. The van der Waals surface area contributed by atoms with Crippen LogP contribution in [0.25, 0.3) is 10.9 Å². The molecule has 1 atom stereocenters. The van der Waals surface area contributed by atoms with Crippen molar-refractivity contribution in [2.75, 3.05) is 7.05 Å². The third kappa shape index (κ3) is 2.17. The lowest BCUT2D eigenvalue weighted by molar-refractivity contribution is 0.462. The highest BCUT2D eigenvalue weighted by atomic mass is 79.9. The number of para-hydroxylation sites is 1. The molecule has 0 aliphatic rings. The number of benzene rings is 1. The molecule has 0 saturated carbocycles. The van der Waals surface area contributed by atoms with Crippen LogP contribution < -0.4 is 5.32 Å². The summed E-state index contributed by atoms with van der Waals surface area (Å²) in [7, 11) is 1.92. The second-order valence-corrected chi connectivity index (χ2v) is 5.13. The monoisotopic (exact) mass is 316 g/mol. The number of pyridine rings is 1. The lowest BCUT2D eigenvalue weighted by atomic mass is 10.0. The van der Waals surface area contributed by atoms with Crippen LogP contribution in [0.2, 0.25) is 0 Å². The van der Waals surface area contributed by atoms with E-state index >= 15 is 0 Å². The average Bonchev–Trinajstić information content (AvgIpc) is 2.86. The Bertz CT molecular complexity index is 703. The molecule has 96 valence electrons. The fraction of sp³-hybridized carbons (Fsp3) is 0.133. The summed E-state index contributed by atoms with van der Waals surface area (Å²) in [6.45, 7) is 0. The van der Waals surface area contributed by atoms with Gasteiger partial charge in [-0.3, -0.25) is 4.98 Å². The number of furan rings is 1. The van der Waals surface area contributed by atoms with Gasteiger partial charge in [-0.25, -0.2) is 0 Å². The van der Waals surface area contributed by atoms with E-state index in [4.69, 9.17) is 4.42 Å². The summed E-state index contributed by atoms with van der Waals surface area (Å²) in [5.74, 6) is 0.862. The Morgan fingerprint density at radius 2 is 2.05 bits per heavy atom. The molecule has 3 rings (SSSR count). The molecule has 0 radical (unpaired) electrons. The SMILES string of the molecule is CNC(c1occc1Br)c1cccc2cccnc12. The number of aromatic nitrogens is 1. The fourth-order valence-corrected chi connectivity index (χ4v) is 2.73. The highest BCUT2D eigenvalue weighted by molar-refractivity contribution is 9.10. The van der Waals surface area contributed by atoms with Crippen LogP contribution in [0.15, 0.2) is 57.7 Å². The molecule has 0 spiro atoms. The van der Waals surface area contributed by atoms with Crippen LogP contribution in [-0.4, -0.2) is 12.0 Å². The van der Waals surface area contributed by atoms with Crippen LogP contribution in [0.5, 0.6) is 0 Å². The number of hydrogen-bond donors (Lipinski definition) is 1. The Kier molecular flexibility index (Phi) is 3.36. The molecule has 4 heteroatoms. The molecule has 19 heavy (non-hydrogen) atoms. The van der Waals surface area contributed by atoms with Gasteiger partial charge >= 0.3 is 0 Å². The average molecular weight is 317 g/mol. The van der Waals surface area contributed by atoms with Crippen molar-refractivity contribution in [1.82, 2.24) is 10.3 Å². The normalized spacial score (nSPS) is 12.7. The van der Waals surface area contributed by atoms with Crippen LogP contribution in [0.3, 0.4) is 0 Å². The van der Waals surface area contributed by atoms with Gasteiger partial charge in [0.2, 0.25) is 0 Å². The maximum atomic E-state index is 5.58. The second kappa shape index (κ2) is 5.15. The maximum Gasteiger partial charge on any atom is 0.139 e. The molecule has 2 heterocycles. The van der Waals surface area contributed by atoms with Gasteiger partial charge in [-0.1, -0.05) is 24.3 Å². The number of nitrogens with zero attached hydrogens (tertiary/aromatic N) is 1. The number of rotatable bonds is 3. The highest BCUT2D eigenvalue weighted by Crippen LogP contribution is 2.32. The minimum atomic E-state index is -0.0250. The third-order valence-electron chi connectivity index (χ3n) is 3.17. The van der Waals surface area contributed by atoms with E-state index in [1.807, 2.05) is 31.4 Å². The molecule has 1 N–H and O–H groups in total. The number of halogens is 1. The molecule has 1 aromatic carbocycles. The molecule has 0 amide bonds. The standard InChI is InChI=1S/C15H13BrN2O/c1-17-14(15-12(16)7-9-19-15)11-6-2-4-10-5-3-8-18-13(10)11/h2-9,14,17H,1H3. The number of nitrogens with one attached hydrogen (secondary N) is 1. The summed E-state index contributed by atoms with van der Waals surface area (Å²) in [5, 5.41) is 4.42. The van der Waals surface area contributed by atoms with Crippen molar-refractivity contribution in [2.45, 2.75) is 6.04 Å². The van der Waals surface area contributed by atoms with Crippen molar-refractivity contribution < 1.29 is 4.42 Å². The van der Waals surface area contributed by atoms with Crippen molar-refractivity contribution in [3.8, 4) is 0 Å². The van der Waals surface area contributed by atoms with E-state index in [0.717, 1.165) is 26.7 Å². The Labute approximate surface area is 119 Å². The van der Waals surface area contributed by atoms with Crippen molar-refractivity contribution in [1.29, 1.82) is 0 Å². The maximum absolute atomic E-state index is 5.58. The van der Waals surface area contributed by atoms with Crippen molar-refractivity contribution in [2.24, 2.45) is 0 Å². The minimum absolute atomic E-state index is 0.0250. The van der Waals surface area contributed by atoms with Crippen LogP contribution in [-0.2, 0) is 0 Å². The van der Waals surface area contributed by atoms with Crippen LogP contribution in [0.1, 0.15) is 17.4 Å². The molecule has 0 aliphatic heterocycles. The van der Waals surface area contributed by atoms with E-state index in [1.165, 1.54) is 0 Å². The summed E-state index contributed by atoms with van der Waals surface area (Å²) in [6.07, 6.45) is 3.50. The fourth-order valence-electron chi connectivity index (χ4n) is 2.30. The first kappa shape index (κ1) is 12.4. The largest absolute Gasteiger partial charge is 0.466 e. The first-order valence-electron chi connectivity index (χ1n) is 6.05. The van der Waals surface area contributed by atoms with Crippen molar-refractivity contribution >= 4 is 26.8 Å². The Morgan fingerprint density at radius 1 is 1.21 bits per heavy atom. The Morgan fingerprint density at radius 3 is 2.79 bits per heavy atom. The molecular formula is C15H13BrN2O. The molecule has 0 saturated heterocycles. The zero-order valence-corrected chi connectivity index (χ0v) is 12.0. The lowest BCUT2D eigenvalue weighted by Gasteiger charge is -2.16. The lowest BCUT2D eigenvalue weighted by Crippen LogP contribution is -2.18. The topological polar surface area (TPSA) is 38.1 Å². The summed E-state index contributed by atoms with van der Waals surface area (Å²) in [5.41, 5.74) is 2.10. The van der Waals surface area contributed by atoms with E-state index in [2.05, 4.69) is 44.4 Å². The number of fused-ring (bicyclic) bond motifs is 1. The molecule has 0 aliphatic carbocycles. The summed E-state index contributed by atoms with van der Waals surface area (Å²) in [6, 6.07) is 12.1. The van der Waals surface area contributed by atoms with Gasteiger partial charge in [0.05, 0.1) is 22.3 Å². The molecule has 3 nitrogen and oxygen atoms in total. The molecule has 3 aromatic rings. The van der Waals surface area contributed by atoms with Gasteiger partial charge in [0, 0.05) is 17.1 Å². The van der Waals surface area contributed by atoms with E-state index in [0.29, 0.717) is 0 Å². The number of hydrogen-bond acceptors (Lipinski definition) is 3. The first-order chi connectivity index (χ1) is 9.31. The van der Waals surface area contributed by atoms with Crippen LogP contribution in [0, 0.1) is 0 Å². The summed E-state index contributed by atoms with van der Waals surface area (Å²) in [4.78, 5) is 4.49. The van der Waals surface area contributed by atoms with Gasteiger partial charge in [-0.2, -0.15) is 0 Å². The predicted octanol–water partition coefficient (Wildman–Crippen LogP) is 3.90. The zero-order chi connectivity index (χ0) is 13.2. The molecular weight excluding hydrogens is 304 g/mol.